The fourth-order valence-corrected chi connectivity index (χ4v) is 3.09. The van der Waals surface area contributed by atoms with Crippen molar-refractivity contribution in [2.24, 2.45) is 0 Å². The second-order valence-corrected chi connectivity index (χ2v) is 6.10. The predicted molar refractivity (Wildman–Crippen MR) is 82.5 cm³/mol. The van der Waals surface area contributed by atoms with Crippen LogP contribution in [0.25, 0.3) is 0 Å². The molecule has 21 heavy (non-hydrogen) atoms. The minimum Gasteiger partial charge on any atom is -0.336 e. The van der Waals surface area contributed by atoms with Gasteiger partial charge in [0.15, 0.2) is 0 Å². The summed E-state index contributed by atoms with van der Waals surface area (Å²) in [7, 11) is 0. The van der Waals surface area contributed by atoms with E-state index in [0.717, 1.165) is 38.4 Å². The first kappa shape index (κ1) is 14.4. The molecule has 2 aromatic heterocycles. The zero-order valence-electron chi connectivity index (χ0n) is 11.4. The molecule has 1 saturated heterocycles. The fraction of sp³-hybridized carbons (Fsp3) is 0.357. The molecule has 0 radical (unpaired) electrons. The molecule has 0 atom stereocenters. The van der Waals surface area contributed by atoms with Crippen LogP contribution in [-0.2, 0) is 6.54 Å². The Morgan fingerprint density at radius 2 is 2.10 bits per heavy atom. The van der Waals surface area contributed by atoms with Crippen LogP contribution in [0.3, 0.4) is 0 Å². The van der Waals surface area contributed by atoms with Gasteiger partial charge >= 0.3 is 0 Å². The molecule has 0 bridgehead atoms. The molecule has 5 nitrogen and oxygen atoms in total. The van der Waals surface area contributed by atoms with E-state index in [1.807, 2.05) is 10.4 Å². The average molecular weight is 323 g/mol. The first-order valence-corrected chi connectivity index (χ1v) is 8.04. The highest BCUT2D eigenvalue weighted by atomic mass is 35.5. The van der Waals surface area contributed by atoms with Gasteiger partial charge in [-0.2, -0.15) is 0 Å². The molecule has 0 spiro atoms. The molecule has 110 valence electrons. The Morgan fingerprint density at radius 3 is 2.76 bits per heavy atom. The number of halogens is 1. The van der Waals surface area contributed by atoms with Gasteiger partial charge in [0, 0.05) is 50.5 Å². The van der Waals surface area contributed by atoms with Crippen molar-refractivity contribution in [2.45, 2.75) is 6.54 Å². The number of carbonyl (C=O) groups excluding carboxylic acids is 1. The van der Waals surface area contributed by atoms with E-state index in [1.165, 1.54) is 6.20 Å². The molecule has 1 fully saturated rings. The molecule has 2 aromatic rings. The SMILES string of the molecule is O=C(c1cncc(Cl)c1)N1CCN(Cc2cscn2)CC1. The Bertz CT molecular complexity index is 611. The highest BCUT2D eigenvalue weighted by molar-refractivity contribution is 7.07. The molecule has 0 saturated carbocycles. The summed E-state index contributed by atoms with van der Waals surface area (Å²) in [6.45, 7) is 4.00. The van der Waals surface area contributed by atoms with Crippen LogP contribution in [0.4, 0.5) is 0 Å². The molecule has 0 aromatic carbocycles. The lowest BCUT2D eigenvalue weighted by molar-refractivity contribution is 0.0627. The van der Waals surface area contributed by atoms with Crippen molar-refractivity contribution < 1.29 is 4.79 Å². The van der Waals surface area contributed by atoms with Crippen molar-refractivity contribution in [3.63, 3.8) is 0 Å². The zero-order chi connectivity index (χ0) is 14.7. The summed E-state index contributed by atoms with van der Waals surface area (Å²) >= 11 is 7.49. The number of carbonyl (C=O) groups is 1. The molecular weight excluding hydrogens is 308 g/mol. The number of thiazole rings is 1. The number of nitrogens with zero attached hydrogens (tertiary/aromatic N) is 4. The summed E-state index contributed by atoms with van der Waals surface area (Å²) in [6, 6.07) is 1.67. The van der Waals surface area contributed by atoms with Crippen LogP contribution in [0.2, 0.25) is 5.02 Å². The third-order valence-corrected chi connectivity index (χ3v) is 4.32. The molecular formula is C14H15ClN4OS. The highest BCUT2D eigenvalue weighted by Crippen LogP contribution is 2.14. The van der Waals surface area contributed by atoms with Gasteiger partial charge in [-0.1, -0.05) is 11.6 Å². The van der Waals surface area contributed by atoms with Crippen LogP contribution >= 0.6 is 22.9 Å². The lowest BCUT2D eigenvalue weighted by Gasteiger charge is -2.34. The molecule has 7 heteroatoms. The number of rotatable bonds is 3. The molecule has 1 aliphatic rings. The predicted octanol–water partition coefficient (Wildman–Crippen LogP) is 2.15. The summed E-state index contributed by atoms with van der Waals surface area (Å²) in [5.41, 5.74) is 3.50. The van der Waals surface area contributed by atoms with Gasteiger partial charge in [0.2, 0.25) is 0 Å². The van der Waals surface area contributed by atoms with Gasteiger partial charge in [-0.15, -0.1) is 11.3 Å². The van der Waals surface area contributed by atoms with Gasteiger partial charge in [-0.3, -0.25) is 14.7 Å². The molecule has 1 amide bonds. The van der Waals surface area contributed by atoms with Crippen molar-refractivity contribution in [1.29, 1.82) is 0 Å². The van der Waals surface area contributed by atoms with Gasteiger partial charge in [-0.25, -0.2) is 4.98 Å². The summed E-state index contributed by atoms with van der Waals surface area (Å²) in [5, 5.41) is 2.55. The van der Waals surface area contributed by atoms with Crippen LogP contribution in [-0.4, -0.2) is 51.9 Å². The van der Waals surface area contributed by atoms with Crippen molar-refractivity contribution in [1.82, 2.24) is 19.8 Å². The van der Waals surface area contributed by atoms with E-state index in [1.54, 1.807) is 23.6 Å². The number of aromatic nitrogens is 2. The summed E-state index contributed by atoms with van der Waals surface area (Å²) in [4.78, 5) is 24.8. The highest BCUT2D eigenvalue weighted by Gasteiger charge is 2.22. The Labute approximate surface area is 132 Å². The van der Waals surface area contributed by atoms with Gasteiger partial charge in [0.1, 0.15) is 0 Å². The van der Waals surface area contributed by atoms with Crippen molar-refractivity contribution in [3.05, 3.63) is 45.6 Å². The van der Waals surface area contributed by atoms with Crippen molar-refractivity contribution >= 4 is 28.8 Å². The minimum absolute atomic E-state index is 0.00157. The van der Waals surface area contributed by atoms with Crippen molar-refractivity contribution in [2.75, 3.05) is 26.2 Å². The van der Waals surface area contributed by atoms with Gasteiger partial charge in [-0.05, 0) is 6.07 Å². The lowest BCUT2D eigenvalue weighted by Crippen LogP contribution is -2.48. The maximum atomic E-state index is 12.4. The third-order valence-electron chi connectivity index (χ3n) is 3.48. The van der Waals surface area contributed by atoms with Gasteiger partial charge in [0.05, 0.1) is 21.8 Å². The molecule has 3 heterocycles. The zero-order valence-corrected chi connectivity index (χ0v) is 13.0. The van der Waals surface area contributed by atoms with Crippen LogP contribution in [0, 0.1) is 0 Å². The molecule has 0 unspecified atom stereocenters. The number of piperazine rings is 1. The molecule has 0 N–H and O–H groups in total. The molecule has 3 rings (SSSR count). The Morgan fingerprint density at radius 1 is 1.29 bits per heavy atom. The summed E-state index contributed by atoms with van der Waals surface area (Å²) in [6.07, 6.45) is 3.10. The second kappa shape index (κ2) is 6.51. The van der Waals surface area contributed by atoms with Crippen LogP contribution in [0.1, 0.15) is 16.1 Å². The Hall–Kier alpha value is -1.50. The average Bonchev–Trinajstić information content (AvgIpc) is 3.00. The van der Waals surface area contributed by atoms with E-state index in [4.69, 9.17) is 11.6 Å². The largest absolute Gasteiger partial charge is 0.336 e. The number of hydrogen-bond acceptors (Lipinski definition) is 5. The summed E-state index contributed by atoms with van der Waals surface area (Å²) in [5.74, 6) is -0.00157. The van der Waals surface area contributed by atoms with E-state index in [0.29, 0.717) is 10.6 Å². The van der Waals surface area contributed by atoms with Gasteiger partial charge in [0.25, 0.3) is 5.91 Å². The fourth-order valence-electron chi connectivity index (χ4n) is 2.37. The third kappa shape index (κ3) is 3.58. The topological polar surface area (TPSA) is 49.3 Å². The second-order valence-electron chi connectivity index (χ2n) is 4.94. The Kier molecular flexibility index (Phi) is 4.48. The normalized spacial score (nSPS) is 16.1. The van der Waals surface area contributed by atoms with Crippen LogP contribution < -0.4 is 0 Å². The van der Waals surface area contributed by atoms with E-state index >= 15 is 0 Å². The number of amides is 1. The quantitative estimate of drug-likeness (QED) is 0.869. The monoisotopic (exact) mass is 322 g/mol. The van der Waals surface area contributed by atoms with Crippen LogP contribution in [0.15, 0.2) is 29.4 Å². The Balaban J connectivity index is 1.57. The van der Waals surface area contributed by atoms with Crippen LogP contribution in [0.5, 0.6) is 0 Å². The maximum Gasteiger partial charge on any atom is 0.255 e. The van der Waals surface area contributed by atoms with Crippen molar-refractivity contribution in [3.8, 4) is 0 Å². The first-order valence-electron chi connectivity index (χ1n) is 6.71. The maximum absolute atomic E-state index is 12.4. The lowest BCUT2D eigenvalue weighted by atomic mass is 10.2. The minimum atomic E-state index is -0.00157. The van der Waals surface area contributed by atoms with Gasteiger partial charge < -0.3 is 4.90 Å². The standard InChI is InChI=1S/C14H15ClN4OS/c15-12-5-11(6-16-7-12)14(20)19-3-1-18(2-4-19)8-13-9-21-10-17-13/h5-7,9-10H,1-4,8H2. The smallest absolute Gasteiger partial charge is 0.255 e. The van der Waals surface area contributed by atoms with E-state index in [-0.39, 0.29) is 5.91 Å². The molecule has 1 aliphatic heterocycles. The number of pyridine rings is 1. The molecule has 0 aliphatic carbocycles. The van der Waals surface area contributed by atoms with E-state index < -0.39 is 0 Å². The summed E-state index contributed by atoms with van der Waals surface area (Å²) < 4.78 is 0. The van der Waals surface area contributed by atoms with E-state index in [2.05, 4.69) is 20.2 Å². The number of hydrogen-bond donors (Lipinski definition) is 0. The first-order chi connectivity index (χ1) is 10.2. The van der Waals surface area contributed by atoms with E-state index in [9.17, 15) is 4.79 Å².